The van der Waals surface area contributed by atoms with E-state index >= 15 is 0 Å². The van der Waals surface area contributed by atoms with Gasteiger partial charge < -0.3 is 19.7 Å². The summed E-state index contributed by atoms with van der Waals surface area (Å²) < 4.78 is 11.8. The highest BCUT2D eigenvalue weighted by Gasteiger charge is 2.17. The fraction of sp³-hybridized carbons (Fsp3) is 0.333. The van der Waals surface area contributed by atoms with E-state index in [2.05, 4.69) is 0 Å². The molecule has 0 fully saturated rings. The molecular weight excluding hydrogens is 411 g/mol. The predicted molar refractivity (Wildman–Crippen MR) is 96.2 cm³/mol. The second kappa shape index (κ2) is 9.40. The highest BCUT2D eigenvalue weighted by Crippen LogP contribution is 2.33. The SMILES string of the molecule is O=c1[nH]c(=O)n(COC(CO)CO)c(COc2c(Cl)cccc2Cl)c1Cl. The number of rotatable bonds is 8. The first-order valence-corrected chi connectivity index (χ1v) is 8.44. The Morgan fingerprint density at radius 2 is 1.73 bits per heavy atom. The number of aliphatic hydroxyl groups excluding tert-OH is 2. The Hall–Kier alpha value is -1.55. The Morgan fingerprint density at radius 3 is 2.31 bits per heavy atom. The Bertz CT molecular complexity index is 858. The predicted octanol–water partition coefficient (Wildman–Crippen LogP) is 1.40. The molecule has 0 unspecified atom stereocenters. The number of hydrogen-bond acceptors (Lipinski definition) is 6. The summed E-state index contributed by atoms with van der Waals surface area (Å²) in [4.78, 5) is 25.9. The Morgan fingerprint density at radius 1 is 1.12 bits per heavy atom. The minimum atomic E-state index is -0.903. The first kappa shape index (κ1) is 20.8. The van der Waals surface area contributed by atoms with Gasteiger partial charge in [0.2, 0.25) is 0 Å². The van der Waals surface area contributed by atoms with Gasteiger partial charge in [0.25, 0.3) is 5.56 Å². The van der Waals surface area contributed by atoms with E-state index in [0.717, 1.165) is 4.57 Å². The first-order valence-electron chi connectivity index (χ1n) is 7.30. The second-order valence-corrected chi connectivity index (χ2v) is 6.26. The van der Waals surface area contributed by atoms with E-state index in [-0.39, 0.29) is 39.8 Å². The molecule has 0 radical (unpaired) electrons. The highest BCUT2D eigenvalue weighted by molar-refractivity contribution is 6.37. The van der Waals surface area contributed by atoms with Crippen LogP contribution in [-0.4, -0.2) is 39.1 Å². The number of aromatic nitrogens is 2. The zero-order valence-electron chi connectivity index (χ0n) is 13.2. The molecule has 0 bridgehead atoms. The van der Waals surface area contributed by atoms with Gasteiger partial charge in [-0.15, -0.1) is 0 Å². The van der Waals surface area contributed by atoms with E-state index < -0.39 is 30.6 Å². The van der Waals surface area contributed by atoms with Crippen LogP contribution in [0.25, 0.3) is 0 Å². The third kappa shape index (κ3) is 4.79. The van der Waals surface area contributed by atoms with E-state index in [1.54, 1.807) is 18.2 Å². The van der Waals surface area contributed by atoms with Gasteiger partial charge in [0.1, 0.15) is 24.5 Å². The number of nitrogens with one attached hydrogen (secondary N) is 1. The maximum Gasteiger partial charge on any atom is 0.330 e. The summed E-state index contributed by atoms with van der Waals surface area (Å²) in [5.41, 5.74) is -1.57. The molecule has 1 aromatic heterocycles. The van der Waals surface area contributed by atoms with Crippen LogP contribution in [0.3, 0.4) is 0 Å². The second-order valence-electron chi connectivity index (χ2n) is 5.07. The number of para-hydroxylation sites is 1. The summed E-state index contributed by atoms with van der Waals surface area (Å²) in [6.07, 6.45) is -0.903. The minimum Gasteiger partial charge on any atom is -0.484 e. The number of aliphatic hydroxyl groups is 2. The largest absolute Gasteiger partial charge is 0.484 e. The number of hydrogen-bond donors (Lipinski definition) is 3. The zero-order valence-corrected chi connectivity index (χ0v) is 15.5. The summed E-state index contributed by atoms with van der Waals surface area (Å²) in [6, 6.07) is 4.75. The van der Waals surface area contributed by atoms with Gasteiger partial charge in [0.15, 0.2) is 5.75 Å². The van der Waals surface area contributed by atoms with Gasteiger partial charge in [-0.1, -0.05) is 40.9 Å². The van der Waals surface area contributed by atoms with Crippen molar-refractivity contribution in [2.45, 2.75) is 19.4 Å². The molecule has 0 atom stereocenters. The van der Waals surface area contributed by atoms with Crippen molar-refractivity contribution in [3.8, 4) is 5.75 Å². The van der Waals surface area contributed by atoms with E-state index in [4.69, 9.17) is 54.5 Å². The number of nitrogens with zero attached hydrogens (tertiary/aromatic N) is 1. The molecule has 0 saturated carbocycles. The highest BCUT2D eigenvalue weighted by atomic mass is 35.5. The van der Waals surface area contributed by atoms with Crippen molar-refractivity contribution >= 4 is 34.8 Å². The molecule has 0 saturated heterocycles. The fourth-order valence-electron chi connectivity index (χ4n) is 1.97. The standard InChI is InChI=1S/C15H15Cl3N2O6/c16-9-2-1-3-10(17)13(9)25-6-11-12(18)14(23)19-15(24)20(11)7-26-8(4-21)5-22/h1-3,8,21-22H,4-7H2,(H,19,23,24). The lowest BCUT2D eigenvalue weighted by atomic mass is 10.3. The number of benzene rings is 1. The monoisotopic (exact) mass is 424 g/mol. The quantitative estimate of drug-likeness (QED) is 0.589. The molecule has 3 N–H and O–H groups in total. The average molecular weight is 426 g/mol. The first-order chi connectivity index (χ1) is 12.4. The molecule has 0 aliphatic rings. The normalized spacial score (nSPS) is 11.2. The Kier molecular flexibility index (Phi) is 7.51. The van der Waals surface area contributed by atoms with Crippen LogP contribution in [0.4, 0.5) is 0 Å². The number of halogens is 3. The smallest absolute Gasteiger partial charge is 0.330 e. The summed E-state index contributed by atoms with van der Waals surface area (Å²) >= 11 is 18.0. The van der Waals surface area contributed by atoms with Gasteiger partial charge in [0.05, 0.1) is 29.0 Å². The lowest BCUT2D eigenvalue weighted by Crippen LogP contribution is -2.36. The van der Waals surface area contributed by atoms with Crippen molar-refractivity contribution in [2.24, 2.45) is 0 Å². The van der Waals surface area contributed by atoms with Gasteiger partial charge in [-0.2, -0.15) is 0 Å². The number of aromatic amines is 1. The molecular formula is C15H15Cl3N2O6. The van der Waals surface area contributed by atoms with Crippen molar-refractivity contribution in [3.63, 3.8) is 0 Å². The Labute approximate surface area is 162 Å². The lowest BCUT2D eigenvalue weighted by molar-refractivity contribution is -0.0526. The average Bonchev–Trinajstić information content (AvgIpc) is 2.61. The topological polar surface area (TPSA) is 114 Å². The third-order valence-electron chi connectivity index (χ3n) is 3.36. The van der Waals surface area contributed by atoms with Crippen LogP contribution in [0.1, 0.15) is 5.69 Å². The van der Waals surface area contributed by atoms with Crippen LogP contribution >= 0.6 is 34.8 Å². The summed E-state index contributed by atoms with van der Waals surface area (Å²) in [6.45, 7) is -1.59. The maximum absolute atomic E-state index is 12.1. The lowest BCUT2D eigenvalue weighted by Gasteiger charge is -2.18. The number of H-pyrrole nitrogens is 1. The summed E-state index contributed by atoms with van der Waals surface area (Å²) in [7, 11) is 0. The van der Waals surface area contributed by atoms with Crippen molar-refractivity contribution in [1.82, 2.24) is 9.55 Å². The molecule has 26 heavy (non-hydrogen) atoms. The zero-order chi connectivity index (χ0) is 19.3. The maximum atomic E-state index is 12.1. The molecule has 11 heteroatoms. The molecule has 0 spiro atoms. The van der Waals surface area contributed by atoms with Crippen molar-refractivity contribution in [2.75, 3.05) is 13.2 Å². The molecule has 8 nitrogen and oxygen atoms in total. The van der Waals surface area contributed by atoms with E-state index in [0.29, 0.717) is 0 Å². The van der Waals surface area contributed by atoms with Crippen LogP contribution in [0, 0.1) is 0 Å². The summed E-state index contributed by atoms with van der Waals surface area (Å²) in [5.74, 6) is 0.163. The molecule has 2 rings (SSSR count). The molecule has 2 aromatic rings. The minimum absolute atomic E-state index is 0.0195. The fourth-order valence-corrected chi connectivity index (χ4v) is 2.68. The van der Waals surface area contributed by atoms with Crippen molar-refractivity contribution in [1.29, 1.82) is 0 Å². The van der Waals surface area contributed by atoms with Crippen LogP contribution in [0.15, 0.2) is 27.8 Å². The van der Waals surface area contributed by atoms with Crippen LogP contribution in [-0.2, 0) is 18.1 Å². The molecule has 1 aromatic carbocycles. The third-order valence-corrected chi connectivity index (χ3v) is 4.35. The molecule has 0 amide bonds. The van der Waals surface area contributed by atoms with Crippen molar-refractivity contribution in [3.05, 3.63) is 59.8 Å². The van der Waals surface area contributed by atoms with Gasteiger partial charge in [-0.25, -0.2) is 4.79 Å². The van der Waals surface area contributed by atoms with Crippen LogP contribution in [0.2, 0.25) is 15.1 Å². The van der Waals surface area contributed by atoms with Gasteiger partial charge >= 0.3 is 5.69 Å². The molecule has 0 aliphatic carbocycles. The molecule has 142 valence electrons. The Balaban J connectivity index is 2.34. The summed E-state index contributed by atoms with van der Waals surface area (Å²) in [5, 5.41) is 18.3. The number of ether oxygens (including phenoxy) is 2. The van der Waals surface area contributed by atoms with Gasteiger partial charge in [-0.3, -0.25) is 14.3 Å². The van der Waals surface area contributed by atoms with Gasteiger partial charge in [-0.05, 0) is 12.1 Å². The van der Waals surface area contributed by atoms with E-state index in [9.17, 15) is 9.59 Å². The molecule has 1 heterocycles. The van der Waals surface area contributed by atoms with Crippen LogP contribution < -0.4 is 16.0 Å². The van der Waals surface area contributed by atoms with E-state index in [1.807, 2.05) is 4.98 Å². The van der Waals surface area contributed by atoms with Gasteiger partial charge in [0, 0.05) is 0 Å². The van der Waals surface area contributed by atoms with Crippen LogP contribution in [0.5, 0.6) is 5.75 Å². The van der Waals surface area contributed by atoms with Crippen molar-refractivity contribution < 1.29 is 19.7 Å². The molecule has 0 aliphatic heterocycles. The van der Waals surface area contributed by atoms with E-state index in [1.165, 1.54) is 0 Å².